The van der Waals surface area contributed by atoms with Gasteiger partial charge >= 0.3 is 0 Å². The van der Waals surface area contributed by atoms with E-state index >= 15 is 0 Å². The molecule has 3 heteroatoms. The quantitative estimate of drug-likeness (QED) is 0.658. The fourth-order valence-electron chi connectivity index (χ4n) is 1.65. The van der Waals surface area contributed by atoms with Gasteiger partial charge in [-0.2, -0.15) is 0 Å². The van der Waals surface area contributed by atoms with Crippen LogP contribution in [0.25, 0.3) is 0 Å². The standard InChI is InChI=1S/C9H22N2Si/c1-7-10-12(8-2,9(3)4)11(5)6/h8-10H,2,7H2,1,3-6H3. The highest BCUT2D eigenvalue weighted by Gasteiger charge is 2.35. The van der Waals surface area contributed by atoms with E-state index < -0.39 is 8.40 Å². The van der Waals surface area contributed by atoms with Gasteiger partial charge in [-0.3, -0.25) is 0 Å². The highest BCUT2D eigenvalue weighted by Crippen LogP contribution is 2.20. The molecule has 0 rings (SSSR count). The molecule has 0 aliphatic heterocycles. The van der Waals surface area contributed by atoms with Crippen molar-refractivity contribution in [3.05, 3.63) is 12.3 Å². The fraction of sp³-hybridized carbons (Fsp3) is 0.778. The predicted molar refractivity (Wildman–Crippen MR) is 58.4 cm³/mol. The second-order valence-corrected chi connectivity index (χ2v) is 8.07. The summed E-state index contributed by atoms with van der Waals surface area (Å²) in [6.07, 6.45) is 0. The van der Waals surface area contributed by atoms with Crippen LogP contribution < -0.4 is 4.98 Å². The zero-order valence-corrected chi connectivity index (χ0v) is 10.0. The SMILES string of the molecule is C=C[Si](NCC)(C(C)C)N(C)C. The second-order valence-electron chi connectivity index (χ2n) is 3.61. The summed E-state index contributed by atoms with van der Waals surface area (Å²) >= 11 is 0. The maximum Gasteiger partial charge on any atom is 0.231 e. The normalized spacial score (nSPS) is 16.6. The summed E-state index contributed by atoms with van der Waals surface area (Å²) in [6.45, 7) is 11.6. The first kappa shape index (κ1) is 11.9. The monoisotopic (exact) mass is 186 g/mol. The summed E-state index contributed by atoms with van der Waals surface area (Å²) in [6, 6.07) is 0. The first-order valence-corrected chi connectivity index (χ1v) is 6.67. The maximum absolute atomic E-state index is 3.95. The van der Waals surface area contributed by atoms with E-state index in [1.165, 1.54) is 0 Å². The largest absolute Gasteiger partial charge is 0.322 e. The van der Waals surface area contributed by atoms with E-state index in [9.17, 15) is 0 Å². The molecular formula is C9H22N2Si. The molecule has 0 aliphatic carbocycles. The van der Waals surface area contributed by atoms with Gasteiger partial charge in [-0.15, -0.1) is 6.58 Å². The number of rotatable bonds is 5. The van der Waals surface area contributed by atoms with Gasteiger partial charge in [0.1, 0.15) is 0 Å². The van der Waals surface area contributed by atoms with Gasteiger partial charge in [0, 0.05) is 0 Å². The van der Waals surface area contributed by atoms with Gasteiger partial charge in [0.15, 0.2) is 0 Å². The van der Waals surface area contributed by atoms with Gasteiger partial charge < -0.3 is 9.55 Å². The van der Waals surface area contributed by atoms with Gasteiger partial charge in [-0.25, -0.2) is 0 Å². The summed E-state index contributed by atoms with van der Waals surface area (Å²) in [4.78, 5) is 3.59. The molecule has 0 aromatic rings. The Bertz CT molecular complexity index is 135. The maximum atomic E-state index is 3.95. The highest BCUT2D eigenvalue weighted by atomic mass is 28.3. The summed E-state index contributed by atoms with van der Waals surface area (Å²) in [7, 11) is 2.69. The molecule has 0 spiro atoms. The van der Waals surface area contributed by atoms with Crippen molar-refractivity contribution in [2.75, 3.05) is 20.6 Å². The molecule has 0 aliphatic rings. The van der Waals surface area contributed by atoms with Crippen LogP contribution in [-0.2, 0) is 0 Å². The van der Waals surface area contributed by atoms with Crippen molar-refractivity contribution in [2.24, 2.45) is 0 Å². The van der Waals surface area contributed by atoms with Crippen molar-refractivity contribution in [1.29, 1.82) is 0 Å². The van der Waals surface area contributed by atoms with Gasteiger partial charge in [-0.05, 0) is 26.2 Å². The Morgan fingerprint density at radius 1 is 1.50 bits per heavy atom. The predicted octanol–water partition coefficient (Wildman–Crippen LogP) is 1.73. The summed E-state index contributed by atoms with van der Waals surface area (Å²) < 4.78 is 2.31. The van der Waals surface area contributed by atoms with Gasteiger partial charge in [0.2, 0.25) is 8.40 Å². The lowest BCUT2D eigenvalue weighted by atomic mass is 10.6. The zero-order chi connectivity index (χ0) is 9.78. The van der Waals surface area contributed by atoms with Crippen molar-refractivity contribution in [2.45, 2.75) is 26.3 Å². The van der Waals surface area contributed by atoms with Crippen molar-refractivity contribution < 1.29 is 0 Å². The average Bonchev–Trinajstić information content (AvgIpc) is 1.98. The molecule has 1 unspecified atom stereocenters. The van der Waals surface area contributed by atoms with E-state index in [0.717, 1.165) is 6.54 Å². The van der Waals surface area contributed by atoms with Crippen LogP contribution in [0.15, 0.2) is 12.3 Å². The molecule has 0 aromatic heterocycles. The first-order chi connectivity index (χ1) is 5.51. The van der Waals surface area contributed by atoms with E-state index in [-0.39, 0.29) is 0 Å². The molecule has 0 heterocycles. The molecule has 12 heavy (non-hydrogen) atoms. The Labute approximate surface area is 77.8 Å². The van der Waals surface area contributed by atoms with Crippen LogP contribution in [0.2, 0.25) is 5.54 Å². The van der Waals surface area contributed by atoms with Crippen molar-refractivity contribution in [3.8, 4) is 0 Å². The Morgan fingerprint density at radius 3 is 2.08 bits per heavy atom. The van der Waals surface area contributed by atoms with E-state index in [0.29, 0.717) is 5.54 Å². The summed E-state index contributed by atoms with van der Waals surface area (Å²) in [5, 5.41) is 0. The smallest absolute Gasteiger partial charge is 0.231 e. The topological polar surface area (TPSA) is 15.3 Å². The molecule has 1 N–H and O–H groups in total. The highest BCUT2D eigenvalue weighted by molar-refractivity contribution is 6.80. The molecule has 0 amide bonds. The van der Waals surface area contributed by atoms with Gasteiger partial charge in [0.05, 0.1) is 0 Å². The molecule has 0 aromatic carbocycles. The number of nitrogens with one attached hydrogen (secondary N) is 1. The van der Waals surface area contributed by atoms with E-state index in [2.05, 4.69) is 56.7 Å². The summed E-state index contributed by atoms with van der Waals surface area (Å²) in [5.74, 6) is 0. The Hall–Kier alpha value is -0.123. The fourth-order valence-corrected chi connectivity index (χ4v) is 4.96. The lowest BCUT2D eigenvalue weighted by Gasteiger charge is -2.38. The first-order valence-electron chi connectivity index (χ1n) is 4.57. The number of nitrogens with zero attached hydrogens (tertiary/aromatic N) is 1. The lowest BCUT2D eigenvalue weighted by molar-refractivity contribution is 0.576. The van der Waals surface area contributed by atoms with Crippen LogP contribution in [0, 0.1) is 0 Å². The number of hydrogen-bond donors (Lipinski definition) is 1. The molecular weight excluding hydrogens is 164 g/mol. The Morgan fingerprint density at radius 2 is 2.00 bits per heavy atom. The van der Waals surface area contributed by atoms with Crippen molar-refractivity contribution in [3.63, 3.8) is 0 Å². The molecule has 1 atom stereocenters. The molecule has 0 fully saturated rings. The van der Waals surface area contributed by atoms with E-state index in [1.54, 1.807) is 0 Å². The van der Waals surface area contributed by atoms with E-state index in [4.69, 9.17) is 0 Å². The van der Waals surface area contributed by atoms with Crippen molar-refractivity contribution >= 4 is 8.40 Å². The Balaban J connectivity index is 4.63. The lowest BCUT2D eigenvalue weighted by Crippen LogP contribution is -2.62. The minimum Gasteiger partial charge on any atom is -0.322 e. The van der Waals surface area contributed by atoms with Crippen LogP contribution in [0.5, 0.6) is 0 Å². The van der Waals surface area contributed by atoms with E-state index in [1.807, 2.05) is 0 Å². The third kappa shape index (κ3) is 2.18. The van der Waals surface area contributed by atoms with Crippen LogP contribution in [0.4, 0.5) is 0 Å². The zero-order valence-electron chi connectivity index (χ0n) is 9.02. The van der Waals surface area contributed by atoms with Crippen LogP contribution in [-0.4, -0.2) is 33.6 Å². The van der Waals surface area contributed by atoms with Gasteiger partial charge in [-0.1, -0.05) is 26.5 Å². The molecule has 0 radical (unpaired) electrons. The summed E-state index contributed by atoms with van der Waals surface area (Å²) in [5.41, 5.74) is 2.78. The Kier molecular flexibility index (Phi) is 4.75. The second kappa shape index (κ2) is 4.79. The van der Waals surface area contributed by atoms with Crippen molar-refractivity contribution in [1.82, 2.24) is 9.55 Å². The molecule has 72 valence electrons. The minimum absolute atomic E-state index is 0.657. The number of hydrogen-bond acceptors (Lipinski definition) is 2. The third-order valence-electron chi connectivity index (χ3n) is 2.39. The third-order valence-corrected chi connectivity index (χ3v) is 7.17. The molecule has 0 bridgehead atoms. The molecule has 2 nitrogen and oxygen atoms in total. The average molecular weight is 186 g/mol. The minimum atomic E-state index is -1.58. The van der Waals surface area contributed by atoms with Crippen LogP contribution >= 0.6 is 0 Å². The molecule has 0 saturated heterocycles. The van der Waals surface area contributed by atoms with Gasteiger partial charge in [0.25, 0.3) is 0 Å². The van der Waals surface area contributed by atoms with Crippen LogP contribution in [0.3, 0.4) is 0 Å². The molecule has 0 saturated carbocycles. The van der Waals surface area contributed by atoms with Crippen LogP contribution in [0.1, 0.15) is 20.8 Å².